The quantitative estimate of drug-likeness (QED) is 0.844. The van der Waals surface area contributed by atoms with Gasteiger partial charge in [0.25, 0.3) is 5.91 Å². The van der Waals surface area contributed by atoms with Gasteiger partial charge >= 0.3 is 0 Å². The smallest absolute Gasteiger partial charge is 0.254 e. The van der Waals surface area contributed by atoms with E-state index in [0.29, 0.717) is 0 Å². The molecule has 0 radical (unpaired) electrons. The lowest BCUT2D eigenvalue weighted by Crippen LogP contribution is -2.36. The van der Waals surface area contributed by atoms with Gasteiger partial charge in [0.2, 0.25) is 0 Å². The molecule has 0 aromatic heterocycles. The van der Waals surface area contributed by atoms with E-state index in [2.05, 4.69) is 5.32 Å². The Bertz CT molecular complexity index is 383. The van der Waals surface area contributed by atoms with E-state index in [1.54, 1.807) is 0 Å². The van der Waals surface area contributed by atoms with Crippen LogP contribution in [0.2, 0.25) is 5.02 Å². The zero-order valence-corrected chi connectivity index (χ0v) is 9.42. The standard InChI is InChI=1S/C10H12ClFN2O2/c1-16-9(5-13)10(15)14-8-3-2-6(11)4-7(8)12/h2-4,9H,5,13H2,1H3,(H,14,15). The maximum Gasteiger partial charge on any atom is 0.254 e. The van der Waals surface area contributed by atoms with Crippen molar-refractivity contribution in [1.82, 2.24) is 0 Å². The second kappa shape index (κ2) is 5.79. The van der Waals surface area contributed by atoms with E-state index in [4.69, 9.17) is 22.1 Å². The number of methoxy groups -OCH3 is 1. The van der Waals surface area contributed by atoms with Gasteiger partial charge in [0, 0.05) is 18.7 Å². The van der Waals surface area contributed by atoms with Gasteiger partial charge in [0.1, 0.15) is 11.9 Å². The van der Waals surface area contributed by atoms with E-state index in [-0.39, 0.29) is 17.3 Å². The van der Waals surface area contributed by atoms with Crippen molar-refractivity contribution in [2.75, 3.05) is 19.0 Å². The second-order valence-electron chi connectivity index (χ2n) is 3.07. The molecule has 0 aliphatic carbocycles. The van der Waals surface area contributed by atoms with Crippen molar-refractivity contribution in [1.29, 1.82) is 0 Å². The third kappa shape index (κ3) is 3.16. The van der Waals surface area contributed by atoms with Crippen LogP contribution in [0.25, 0.3) is 0 Å². The average Bonchev–Trinajstić information content (AvgIpc) is 2.24. The number of ether oxygens (including phenoxy) is 1. The van der Waals surface area contributed by atoms with Gasteiger partial charge in [-0.05, 0) is 18.2 Å². The lowest BCUT2D eigenvalue weighted by Gasteiger charge is -2.13. The molecule has 0 heterocycles. The number of nitrogens with two attached hydrogens (primary N) is 1. The number of rotatable bonds is 4. The summed E-state index contributed by atoms with van der Waals surface area (Å²) in [5.74, 6) is -1.10. The molecule has 1 aromatic carbocycles. The fraction of sp³-hybridized carbons (Fsp3) is 0.300. The number of hydrogen-bond donors (Lipinski definition) is 2. The molecule has 1 amide bonds. The largest absolute Gasteiger partial charge is 0.370 e. The molecule has 1 rings (SSSR count). The lowest BCUT2D eigenvalue weighted by atomic mass is 10.2. The summed E-state index contributed by atoms with van der Waals surface area (Å²) in [7, 11) is 1.36. The van der Waals surface area contributed by atoms with E-state index < -0.39 is 17.8 Å². The van der Waals surface area contributed by atoms with Crippen LogP contribution in [-0.2, 0) is 9.53 Å². The van der Waals surface area contributed by atoms with Crippen LogP contribution in [0.5, 0.6) is 0 Å². The monoisotopic (exact) mass is 246 g/mol. The Morgan fingerprint density at radius 1 is 1.69 bits per heavy atom. The van der Waals surface area contributed by atoms with Gasteiger partial charge in [-0.25, -0.2) is 4.39 Å². The topological polar surface area (TPSA) is 64.3 Å². The van der Waals surface area contributed by atoms with Crippen LogP contribution < -0.4 is 11.1 Å². The molecule has 88 valence electrons. The molecule has 0 fully saturated rings. The van der Waals surface area contributed by atoms with E-state index in [1.165, 1.54) is 19.2 Å². The van der Waals surface area contributed by atoms with E-state index in [9.17, 15) is 9.18 Å². The van der Waals surface area contributed by atoms with Gasteiger partial charge in [-0.3, -0.25) is 4.79 Å². The van der Waals surface area contributed by atoms with Crippen molar-refractivity contribution < 1.29 is 13.9 Å². The van der Waals surface area contributed by atoms with Crippen molar-refractivity contribution in [2.45, 2.75) is 6.10 Å². The fourth-order valence-electron chi connectivity index (χ4n) is 1.11. The van der Waals surface area contributed by atoms with Crippen molar-refractivity contribution in [2.24, 2.45) is 5.73 Å². The maximum atomic E-state index is 13.3. The van der Waals surface area contributed by atoms with Crippen molar-refractivity contribution in [3.8, 4) is 0 Å². The van der Waals surface area contributed by atoms with Crippen LogP contribution in [-0.4, -0.2) is 25.7 Å². The Labute approximate surface area is 97.5 Å². The summed E-state index contributed by atoms with van der Waals surface area (Å²) in [5.41, 5.74) is 5.35. The second-order valence-corrected chi connectivity index (χ2v) is 3.51. The molecular formula is C10H12ClFN2O2. The van der Waals surface area contributed by atoms with Crippen molar-refractivity contribution in [3.05, 3.63) is 29.0 Å². The predicted molar refractivity (Wildman–Crippen MR) is 59.9 cm³/mol. The third-order valence-corrected chi connectivity index (χ3v) is 2.22. The first-order valence-electron chi connectivity index (χ1n) is 4.57. The number of amides is 1. The highest BCUT2D eigenvalue weighted by Gasteiger charge is 2.17. The molecule has 0 aliphatic heterocycles. The molecule has 0 spiro atoms. The van der Waals surface area contributed by atoms with Gasteiger partial charge in [-0.15, -0.1) is 0 Å². The Balaban J connectivity index is 2.76. The molecule has 1 unspecified atom stereocenters. The van der Waals surface area contributed by atoms with Gasteiger partial charge in [-0.2, -0.15) is 0 Å². The van der Waals surface area contributed by atoms with Gasteiger partial charge in [-0.1, -0.05) is 11.6 Å². The Kier molecular flexibility index (Phi) is 4.67. The molecule has 0 saturated heterocycles. The number of carbonyl (C=O) groups is 1. The minimum Gasteiger partial charge on any atom is -0.370 e. The van der Waals surface area contributed by atoms with Gasteiger partial charge in [0.15, 0.2) is 0 Å². The molecule has 1 atom stereocenters. The van der Waals surface area contributed by atoms with Gasteiger partial charge < -0.3 is 15.8 Å². The summed E-state index contributed by atoms with van der Waals surface area (Å²) in [5, 5.41) is 2.62. The summed E-state index contributed by atoms with van der Waals surface area (Å²) >= 11 is 5.57. The highest BCUT2D eigenvalue weighted by Crippen LogP contribution is 2.18. The number of hydrogen-bond acceptors (Lipinski definition) is 3. The van der Waals surface area contributed by atoms with Crippen LogP contribution in [0, 0.1) is 5.82 Å². The fourth-order valence-corrected chi connectivity index (χ4v) is 1.27. The van der Waals surface area contributed by atoms with Crippen LogP contribution >= 0.6 is 11.6 Å². The van der Waals surface area contributed by atoms with E-state index in [1.807, 2.05) is 0 Å². The van der Waals surface area contributed by atoms with Gasteiger partial charge in [0.05, 0.1) is 5.69 Å². The van der Waals surface area contributed by atoms with Crippen LogP contribution in [0.4, 0.5) is 10.1 Å². The third-order valence-electron chi connectivity index (χ3n) is 1.98. The summed E-state index contributed by atoms with van der Waals surface area (Å²) in [6.45, 7) is 0.0253. The van der Waals surface area contributed by atoms with Crippen LogP contribution in [0.15, 0.2) is 18.2 Å². The lowest BCUT2D eigenvalue weighted by molar-refractivity contribution is -0.125. The first kappa shape index (κ1) is 12.9. The number of nitrogens with one attached hydrogen (secondary N) is 1. The SMILES string of the molecule is COC(CN)C(=O)Nc1ccc(Cl)cc1F. The maximum absolute atomic E-state index is 13.3. The van der Waals surface area contributed by atoms with E-state index in [0.717, 1.165) is 6.07 Å². The Hall–Kier alpha value is -1.17. The number of halogens is 2. The summed E-state index contributed by atoms with van der Waals surface area (Å²) < 4.78 is 18.1. The number of benzene rings is 1. The average molecular weight is 247 g/mol. The molecule has 0 aliphatic rings. The highest BCUT2D eigenvalue weighted by molar-refractivity contribution is 6.30. The van der Waals surface area contributed by atoms with Crippen LogP contribution in [0.1, 0.15) is 0 Å². The molecule has 3 N–H and O–H groups in total. The zero-order valence-electron chi connectivity index (χ0n) is 8.67. The molecule has 6 heteroatoms. The summed E-state index contributed by atoms with van der Waals surface area (Å²) in [4.78, 5) is 11.5. The summed E-state index contributed by atoms with van der Waals surface area (Å²) in [6.07, 6.45) is -0.796. The van der Waals surface area contributed by atoms with E-state index >= 15 is 0 Å². The normalized spacial score (nSPS) is 12.2. The molecule has 1 aromatic rings. The molecule has 0 saturated carbocycles. The Morgan fingerprint density at radius 2 is 2.38 bits per heavy atom. The predicted octanol–water partition coefficient (Wildman–Crippen LogP) is 1.39. The minimum atomic E-state index is -0.796. The number of anilines is 1. The molecule has 4 nitrogen and oxygen atoms in total. The van der Waals surface area contributed by atoms with Crippen LogP contribution in [0.3, 0.4) is 0 Å². The molecular weight excluding hydrogens is 235 g/mol. The highest BCUT2D eigenvalue weighted by atomic mass is 35.5. The Morgan fingerprint density at radius 3 is 2.88 bits per heavy atom. The minimum absolute atomic E-state index is 0.0253. The van der Waals surface area contributed by atoms with Crippen molar-refractivity contribution in [3.63, 3.8) is 0 Å². The first-order valence-corrected chi connectivity index (χ1v) is 4.95. The zero-order chi connectivity index (χ0) is 12.1. The molecule has 16 heavy (non-hydrogen) atoms. The number of carbonyl (C=O) groups excluding carboxylic acids is 1. The van der Waals surface area contributed by atoms with Crippen molar-refractivity contribution >= 4 is 23.2 Å². The first-order chi connectivity index (χ1) is 7.58. The summed E-state index contributed by atoms with van der Waals surface area (Å²) in [6, 6.07) is 3.96. The molecule has 0 bridgehead atoms.